The first-order chi connectivity index (χ1) is 8.19. The fourth-order valence-corrected chi connectivity index (χ4v) is 3.25. The third-order valence-corrected chi connectivity index (χ3v) is 4.75. The SMILES string of the molecule is O=S(CCO)Cc1nc(-c2cc(Br)cs2)no1. The lowest BCUT2D eigenvalue weighted by Gasteiger charge is -1.93. The van der Waals surface area contributed by atoms with Gasteiger partial charge in [-0.2, -0.15) is 4.98 Å². The van der Waals surface area contributed by atoms with Crippen molar-refractivity contribution in [1.29, 1.82) is 0 Å². The van der Waals surface area contributed by atoms with Crippen LogP contribution in [-0.2, 0) is 16.6 Å². The zero-order valence-electron chi connectivity index (χ0n) is 8.63. The molecule has 2 aromatic heterocycles. The molecule has 0 radical (unpaired) electrons. The number of halogens is 1. The normalized spacial score (nSPS) is 12.8. The van der Waals surface area contributed by atoms with Crippen LogP contribution in [0.5, 0.6) is 0 Å². The third-order valence-electron chi connectivity index (χ3n) is 1.86. The van der Waals surface area contributed by atoms with E-state index in [0.717, 1.165) is 9.35 Å². The van der Waals surface area contributed by atoms with Crippen molar-refractivity contribution >= 4 is 38.1 Å². The molecule has 1 atom stereocenters. The summed E-state index contributed by atoms with van der Waals surface area (Å²) in [6.07, 6.45) is 0. The second-order valence-electron chi connectivity index (χ2n) is 3.15. The molecule has 2 aromatic rings. The minimum absolute atomic E-state index is 0.106. The Hall–Kier alpha value is -0.570. The van der Waals surface area contributed by atoms with E-state index in [1.54, 1.807) is 0 Å². The van der Waals surface area contributed by atoms with Crippen LogP contribution < -0.4 is 0 Å². The standard InChI is InChI=1S/C9H9BrN2O3S2/c10-6-3-7(16-4-6)9-11-8(15-12-9)5-17(14)2-1-13/h3-4,13H,1-2,5H2. The molecule has 17 heavy (non-hydrogen) atoms. The van der Waals surface area contributed by atoms with Crippen molar-refractivity contribution in [2.45, 2.75) is 5.75 Å². The number of nitrogens with zero attached hydrogens (tertiary/aromatic N) is 2. The Kier molecular flexibility index (Phi) is 4.43. The predicted molar refractivity (Wildman–Crippen MR) is 69.1 cm³/mol. The lowest BCUT2D eigenvalue weighted by molar-refractivity contribution is 0.321. The van der Waals surface area contributed by atoms with Gasteiger partial charge in [0.05, 0.1) is 11.5 Å². The van der Waals surface area contributed by atoms with Gasteiger partial charge in [-0.3, -0.25) is 4.21 Å². The van der Waals surface area contributed by atoms with Crippen molar-refractivity contribution in [3.63, 3.8) is 0 Å². The van der Waals surface area contributed by atoms with E-state index >= 15 is 0 Å². The van der Waals surface area contributed by atoms with Crippen molar-refractivity contribution in [1.82, 2.24) is 10.1 Å². The first kappa shape index (κ1) is 12.9. The van der Waals surface area contributed by atoms with Gasteiger partial charge in [0.15, 0.2) is 0 Å². The highest BCUT2D eigenvalue weighted by molar-refractivity contribution is 9.10. The van der Waals surface area contributed by atoms with E-state index in [2.05, 4.69) is 26.1 Å². The average molecular weight is 337 g/mol. The second-order valence-corrected chi connectivity index (χ2v) is 6.56. The molecular weight excluding hydrogens is 328 g/mol. The maximum Gasteiger partial charge on any atom is 0.239 e. The van der Waals surface area contributed by atoms with Gasteiger partial charge in [0.2, 0.25) is 11.7 Å². The summed E-state index contributed by atoms with van der Waals surface area (Å²) < 4.78 is 17.3. The first-order valence-corrected chi connectivity index (χ1v) is 7.88. The predicted octanol–water partition coefficient (Wildman–Crippen LogP) is 1.80. The van der Waals surface area contributed by atoms with Crippen LogP contribution in [0.25, 0.3) is 10.7 Å². The number of aromatic nitrogens is 2. The maximum atomic E-state index is 11.4. The van der Waals surface area contributed by atoms with E-state index in [0.29, 0.717) is 11.7 Å². The van der Waals surface area contributed by atoms with Gasteiger partial charge in [0.1, 0.15) is 5.75 Å². The first-order valence-electron chi connectivity index (χ1n) is 4.72. The molecule has 1 N–H and O–H groups in total. The molecule has 0 fully saturated rings. The molecule has 0 aliphatic carbocycles. The van der Waals surface area contributed by atoms with E-state index in [-0.39, 0.29) is 18.1 Å². The van der Waals surface area contributed by atoms with Crippen LogP contribution >= 0.6 is 27.3 Å². The number of thiophene rings is 1. The lowest BCUT2D eigenvalue weighted by atomic mass is 10.4. The van der Waals surface area contributed by atoms with Gasteiger partial charge in [-0.25, -0.2) is 0 Å². The van der Waals surface area contributed by atoms with Crippen LogP contribution in [0.2, 0.25) is 0 Å². The summed E-state index contributed by atoms with van der Waals surface area (Å²) in [6, 6.07) is 1.89. The molecule has 5 nitrogen and oxygen atoms in total. The second kappa shape index (κ2) is 5.85. The number of hydrogen-bond acceptors (Lipinski definition) is 6. The van der Waals surface area contributed by atoms with E-state index in [9.17, 15) is 4.21 Å². The Labute approximate surface area is 112 Å². The maximum absolute atomic E-state index is 11.4. The molecule has 2 heterocycles. The van der Waals surface area contributed by atoms with Crippen LogP contribution in [0.1, 0.15) is 5.89 Å². The van der Waals surface area contributed by atoms with Crippen molar-refractivity contribution in [2.24, 2.45) is 0 Å². The summed E-state index contributed by atoms with van der Waals surface area (Å²) in [4.78, 5) is 5.04. The van der Waals surface area contributed by atoms with Gasteiger partial charge in [0.25, 0.3) is 0 Å². The van der Waals surface area contributed by atoms with Gasteiger partial charge in [-0.05, 0) is 22.0 Å². The number of aliphatic hydroxyl groups excluding tert-OH is 1. The lowest BCUT2D eigenvalue weighted by Crippen LogP contribution is -2.04. The Balaban J connectivity index is 2.08. The smallest absolute Gasteiger partial charge is 0.239 e. The Bertz CT molecular complexity index is 526. The molecule has 0 saturated heterocycles. The molecule has 8 heteroatoms. The molecule has 0 aliphatic rings. The van der Waals surface area contributed by atoms with Gasteiger partial charge < -0.3 is 9.63 Å². The summed E-state index contributed by atoms with van der Waals surface area (Å²) in [5.41, 5.74) is 0. The van der Waals surface area contributed by atoms with E-state index in [1.165, 1.54) is 11.3 Å². The van der Waals surface area contributed by atoms with Crippen LogP contribution in [0.4, 0.5) is 0 Å². The van der Waals surface area contributed by atoms with Crippen molar-refractivity contribution < 1.29 is 13.8 Å². The number of rotatable bonds is 5. The fraction of sp³-hybridized carbons (Fsp3) is 0.333. The highest BCUT2D eigenvalue weighted by atomic mass is 79.9. The van der Waals surface area contributed by atoms with Gasteiger partial charge >= 0.3 is 0 Å². The van der Waals surface area contributed by atoms with Gasteiger partial charge in [-0.15, -0.1) is 11.3 Å². The highest BCUT2D eigenvalue weighted by Crippen LogP contribution is 2.27. The van der Waals surface area contributed by atoms with Crippen molar-refractivity contribution in [3.8, 4) is 10.7 Å². The van der Waals surface area contributed by atoms with Crippen LogP contribution in [0.3, 0.4) is 0 Å². The Morgan fingerprint density at radius 2 is 2.41 bits per heavy atom. The molecule has 1 unspecified atom stereocenters. The molecule has 0 spiro atoms. The minimum Gasteiger partial charge on any atom is -0.395 e. The molecule has 0 bridgehead atoms. The Morgan fingerprint density at radius 1 is 1.59 bits per heavy atom. The monoisotopic (exact) mass is 336 g/mol. The zero-order chi connectivity index (χ0) is 12.3. The van der Waals surface area contributed by atoms with Crippen molar-refractivity contribution in [3.05, 3.63) is 21.8 Å². The number of aliphatic hydroxyl groups is 1. The summed E-state index contributed by atoms with van der Waals surface area (Å²) in [6.45, 7) is -0.106. The summed E-state index contributed by atoms with van der Waals surface area (Å²) in [5, 5.41) is 14.4. The minimum atomic E-state index is -1.16. The third kappa shape index (κ3) is 3.44. The van der Waals surface area contributed by atoms with Crippen LogP contribution in [0.15, 0.2) is 20.4 Å². The summed E-state index contributed by atoms with van der Waals surface area (Å²) in [5.74, 6) is 1.23. The zero-order valence-corrected chi connectivity index (χ0v) is 11.8. The average Bonchev–Trinajstić information content (AvgIpc) is 2.87. The van der Waals surface area contributed by atoms with Crippen molar-refractivity contribution in [2.75, 3.05) is 12.4 Å². The van der Waals surface area contributed by atoms with Gasteiger partial charge in [0, 0.05) is 26.4 Å². The van der Waals surface area contributed by atoms with E-state index < -0.39 is 10.8 Å². The quantitative estimate of drug-likeness (QED) is 0.900. The molecule has 0 saturated carbocycles. The Morgan fingerprint density at radius 3 is 3.06 bits per heavy atom. The van der Waals surface area contributed by atoms with E-state index in [4.69, 9.17) is 9.63 Å². The topological polar surface area (TPSA) is 76.2 Å². The summed E-state index contributed by atoms with van der Waals surface area (Å²) >= 11 is 4.84. The van der Waals surface area contributed by atoms with E-state index in [1.807, 2.05) is 11.4 Å². The number of hydrogen-bond donors (Lipinski definition) is 1. The van der Waals surface area contributed by atoms with Crippen LogP contribution in [0, 0.1) is 0 Å². The summed E-state index contributed by atoms with van der Waals surface area (Å²) in [7, 11) is -1.16. The molecular formula is C9H9BrN2O3S2. The van der Waals surface area contributed by atoms with Crippen LogP contribution in [-0.4, -0.2) is 31.8 Å². The molecule has 0 amide bonds. The van der Waals surface area contributed by atoms with Gasteiger partial charge in [-0.1, -0.05) is 5.16 Å². The fourth-order valence-electron chi connectivity index (χ4n) is 1.16. The molecule has 0 aromatic carbocycles. The molecule has 0 aliphatic heterocycles. The largest absolute Gasteiger partial charge is 0.395 e. The highest BCUT2D eigenvalue weighted by Gasteiger charge is 2.12. The molecule has 2 rings (SSSR count). The molecule has 92 valence electrons.